The van der Waals surface area contributed by atoms with Crippen LogP contribution < -0.4 is 11.1 Å². The second-order valence-electron chi connectivity index (χ2n) is 0.986. The van der Waals surface area contributed by atoms with Crippen molar-refractivity contribution in [3.63, 3.8) is 0 Å². The summed E-state index contributed by atoms with van der Waals surface area (Å²) in [4.78, 5) is 0. The lowest BCUT2D eigenvalue weighted by molar-refractivity contribution is 0.918. The summed E-state index contributed by atoms with van der Waals surface area (Å²) < 4.78 is 0. The summed E-state index contributed by atoms with van der Waals surface area (Å²) >= 11 is 0. The van der Waals surface area contributed by atoms with E-state index in [1.807, 2.05) is 13.1 Å². The zero-order chi connectivity index (χ0) is 4.83. The molecule has 0 saturated heterocycles. The summed E-state index contributed by atoms with van der Waals surface area (Å²) in [5.74, 6) is 0. The summed E-state index contributed by atoms with van der Waals surface area (Å²) in [6.07, 6.45) is 3.37. The fourth-order valence-corrected chi connectivity index (χ4v) is 0.186. The highest BCUT2D eigenvalue weighted by molar-refractivity contribution is 4.76. The number of nitrogens with two attached hydrogens (primary N) is 1. The maximum Gasteiger partial charge on any atom is 0.0148 e. The van der Waals surface area contributed by atoms with Crippen LogP contribution in [-0.4, -0.2) is 13.6 Å². The molecule has 0 aliphatic rings. The molecule has 2 heteroatoms. The van der Waals surface area contributed by atoms with Gasteiger partial charge in [-0.15, -0.1) is 0 Å². The van der Waals surface area contributed by atoms with Gasteiger partial charge in [0.2, 0.25) is 0 Å². The van der Waals surface area contributed by atoms with Gasteiger partial charge in [-0.25, -0.2) is 0 Å². The van der Waals surface area contributed by atoms with Gasteiger partial charge in [-0.2, -0.15) is 0 Å². The van der Waals surface area contributed by atoms with E-state index in [1.54, 1.807) is 0 Å². The van der Waals surface area contributed by atoms with Crippen molar-refractivity contribution in [1.29, 1.82) is 0 Å². The number of rotatable bonds is 2. The Morgan fingerprint density at radius 3 is 2.67 bits per heavy atom. The number of hydrogen-bond donors (Lipinski definition) is 2. The minimum absolute atomic E-state index is 0.858. The smallest absolute Gasteiger partial charge is 0.0148 e. The topological polar surface area (TPSA) is 38.0 Å². The van der Waals surface area contributed by atoms with Gasteiger partial charge in [0.15, 0.2) is 0 Å². The second kappa shape index (κ2) is 4.50. The first kappa shape index (κ1) is 5.50. The molecule has 6 heavy (non-hydrogen) atoms. The largest absolute Gasteiger partial charge is 0.405 e. The first-order valence-electron chi connectivity index (χ1n) is 1.93. The van der Waals surface area contributed by atoms with Crippen LogP contribution in [0.2, 0.25) is 0 Å². The monoisotopic (exact) mass is 86.1 g/mol. The zero-order valence-electron chi connectivity index (χ0n) is 3.94. The lowest BCUT2D eigenvalue weighted by Gasteiger charge is -1.81. The zero-order valence-corrected chi connectivity index (χ0v) is 3.94. The summed E-state index contributed by atoms with van der Waals surface area (Å²) in [6.45, 7) is 0.858. The molecule has 0 amide bonds. The Labute approximate surface area is 38.0 Å². The fraction of sp³-hybridized carbons (Fsp3) is 0.500. The van der Waals surface area contributed by atoms with Crippen molar-refractivity contribution in [3.8, 4) is 0 Å². The van der Waals surface area contributed by atoms with E-state index in [1.165, 1.54) is 6.20 Å². The molecule has 2 nitrogen and oxygen atoms in total. The van der Waals surface area contributed by atoms with Crippen molar-refractivity contribution in [2.24, 2.45) is 5.73 Å². The van der Waals surface area contributed by atoms with Crippen LogP contribution in [0.4, 0.5) is 0 Å². The molecular formula is C4H10N2. The lowest BCUT2D eigenvalue weighted by atomic mass is 10.6. The Morgan fingerprint density at radius 1 is 1.83 bits per heavy atom. The van der Waals surface area contributed by atoms with Crippen molar-refractivity contribution in [2.75, 3.05) is 13.6 Å². The number of likely N-dealkylation sites (N-methyl/N-ethyl adjacent to an activating group) is 1. The van der Waals surface area contributed by atoms with Gasteiger partial charge in [-0.1, -0.05) is 6.08 Å². The maximum atomic E-state index is 4.99. The second-order valence-corrected chi connectivity index (χ2v) is 0.986. The molecule has 0 aliphatic heterocycles. The van der Waals surface area contributed by atoms with Crippen LogP contribution in [0.15, 0.2) is 12.3 Å². The molecule has 0 radical (unpaired) electrons. The summed E-state index contributed by atoms with van der Waals surface area (Å²) in [7, 11) is 1.88. The quantitative estimate of drug-likeness (QED) is 0.483. The molecule has 36 valence electrons. The van der Waals surface area contributed by atoms with E-state index in [4.69, 9.17) is 5.73 Å². The van der Waals surface area contributed by atoms with E-state index in [0.29, 0.717) is 0 Å². The highest BCUT2D eigenvalue weighted by Crippen LogP contribution is 1.54. The van der Waals surface area contributed by atoms with Crippen LogP contribution in [0.5, 0.6) is 0 Å². The average molecular weight is 86.1 g/mol. The normalized spacial score (nSPS) is 10.2. The van der Waals surface area contributed by atoms with Crippen LogP contribution in [0.3, 0.4) is 0 Å². The van der Waals surface area contributed by atoms with Gasteiger partial charge < -0.3 is 11.1 Å². The fourth-order valence-electron chi connectivity index (χ4n) is 0.186. The average Bonchev–Trinajstić information content (AvgIpc) is 1.61. The lowest BCUT2D eigenvalue weighted by Crippen LogP contribution is -2.04. The molecule has 0 rings (SSSR count). The van der Waals surface area contributed by atoms with Crippen LogP contribution in [0.25, 0.3) is 0 Å². The summed E-state index contributed by atoms with van der Waals surface area (Å²) in [6, 6.07) is 0. The van der Waals surface area contributed by atoms with E-state index in [-0.39, 0.29) is 0 Å². The first-order valence-corrected chi connectivity index (χ1v) is 1.93. The van der Waals surface area contributed by atoms with Gasteiger partial charge in [-0.05, 0) is 13.2 Å². The Hall–Kier alpha value is -0.500. The van der Waals surface area contributed by atoms with Crippen LogP contribution in [0, 0.1) is 0 Å². The molecule has 0 unspecified atom stereocenters. The molecule has 0 aromatic heterocycles. The standard InChI is InChI=1S/C4H10N2/c1-6-4-2-3-5/h2-3,6H,4-5H2,1H3. The van der Waals surface area contributed by atoms with Crippen molar-refractivity contribution >= 4 is 0 Å². The summed E-state index contributed by atoms with van der Waals surface area (Å²) in [5.41, 5.74) is 4.99. The number of nitrogens with one attached hydrogen (secondary N) is 1. The van der Waals surface area contributed by atoms with Gasteiger partial charge in [0.25, 0.3) is 0 Å². The molecule has 0 heterocycles. The number of hydrogen-bond acceptors (Lipinski definition) is 2. The molecule has 0 aromatic carbocycles. The third-order valence-corrected chi connectivity index (χ3v) is 0.458. The third kappa shape index (κ3) is 3.50. The molecular weight excluding hydrogens is 76.1 g/mol. The molecule has 0 fully saturated rings. The first-order chi connectivity index (χ1) is 2.91. The van der Waals surface area contributed by atoms with Gasteiger partial charge in [0.1, 0.15) is 0 Å². The van der Waals surface area contributed by atoms with E-state index in [2.05, 4.69) is 5.32 Å². The van der Waals surface area contributed by atoms with Crippen LogP contribution >= 0.6 is 0 Å². The van der Waals surface area contributed by atoms with Gasteiger partial charge >= 0.3 is 0 Å². The van der Waals surface area contributed by atoms with Gasteiger partial charge in [0.05, 0.1) is 0 Å². The molecule has 0 aromatic rings. The van der Waals surface area contributed by atoms with Gasteiger partial charge in [-0.3, -0.25) is 0 Å². The predicted molar refractivity (Wildman–Crippen MR) is 27.3 cm³/mol. The van der Waals surface area contributed by atoms with Crippen molar-refractivity contribution < 1.29 is 0 Å². The third-order valence-electron chi connectivity index (χ3n) is 0.458. The Balaban J connectivity index is 2.66. The SMILES string of the molecule is CNCC=CN. The van der Waals surface area contributed by atoms with Crippen molar-refractivity contribution in [1.82, 2.24) is 5.32 Å². The highest BCUT2D eigenvalue weighted by atomic mass is 14.8. The molecule has 0 bridgehead atoms. The highest BCUT2D eigenvalue weighted by Gasteiger charge is 1.61. The molecule has 0 spiro atoms. The predicted octanol–water partition coefficient (Wildman–Crippen LogP) is -0.322. The Morgan fingerprint density at radius 2 is 2.50 bits per heavy atom. The van der Waals surface area contributed by atoms with E-state index in [9.17, 15) is 0 Å². The van der Waals surface area contributed by atoms with Crippen molar-refractivity contribution in [3.05, 3.63) is 12.3 Å². The van der Waals surface area contributed by atoms with Crippen LogP contribution in [-0.2, 0) is 0 Å². The molecule has 0 atom stereocenters. The van der Waals surface area contributed by atoms with Gasteiger partial charge in [0, 0.05) is 6.54 Å². The molecule has 0 saturated carbocycles. The van der Waals surface area contributed by atoms with E-state index >= 15 is 0 Å². The summed E-state index contributed by atoms with van der Waals surface area (Å²) in [5, 5.41) is 2.90. The molecule has 3 N–H and O–H groups in total. The molecule has 0 aliphatic carbocycles. The van der Waals surface area contributed by atoms with Crippen molar-refractivity contribution in [2.45, 2.75) is 0 Å². The minimum atomic E-state index is 0.858. The maximum absolute atomic E-state index is 4.99. The van der Waals surface area contributed by atoms with Crippen LogP contribution in [0.1, 0.15) is 0 Å². The van der Waals surface area contributed by atoms with E-state index in [0.717, 1.165) is 6.54 Å². The Kier molecular flexibility index (Phi) is 4.12. The van der Waals surface area contributed by atoms with E-state index < -0.39 is 0 Å². The Bertz CT molecular complexity index is 40.8. The minimum Gasteiger partial charge on any atom is -0.405 e.